The molecule has 0 spiro atoms. The number of amides is 2. The lowest BCUT2D eigenvalue weighted by Gasteiger charge is -2.08. The van der Waals surface area contributed by atoms with Crippen LogP contribution in [0.5, 0.6) is 5.75 Å². The van der Waals surface area contributed by atoms with Gasteiger partial charge >= 0.3 is 7.82 Å². The van der Waals surface area contributed by atoms with E-state index in [1.54, 1.807) is 12.1 Å². The predicted octanol–water partition coefficient (Wildman–Crippen LogP) is 0.343. The molecule has 0 aliphatic carbocycles. The molecule has 0 aliphatic heterocycles. The second-order valence-electron chi connectivity index (χ2n) is 4.56. The molecule has 1 aromatic rings. The first-order valence-corrected chi connectivity index (χ1v) is 8.14. The Morgan fingerprint density at radius 2 is 1.73 bits per heavy atom. The third kappa shape index (κ3) is 8.41. The molecule has 22 heavy (non-hydrogen) atoms. The van der Waals surface area contributed by atoms with Crippen LogP contribution in [0.2, 0.25) is 0 Å². The van der Waals surface area contributed by atoms with Crippen molar-refractivity contribution in [2.45, 2.75) is 19.8 Å². The Labute approximate surface area is 128 Å². The summed E-state index contributed by atoms with van der Waals surface area (Å²) in [4.78, 5) is 39.5. The molecule has 0 saturated heterocycles. The lowest BCUT2D eigenvalue weighted by atomic mass is 10.1. The molecule has 0 aliphatic rings. The molecule has 0 atom stereocenters. The van der Waals surface area contributed by atoms with Gasteiger partial charge in [-0.05, 0) is 24.1 Å². The van der Waals surface area contributed by atoms with Crippen molar-refractivity contribution in [1.29, 1.82) is 0 Å². The number of hydrogen-bond donors (Lipinski definition) is 4. The van der Waals surface area contributed by atoms with Gasteiger partial charge < -0.3 is 15.2 Å². The van der Waals surface area contributed by atoms with Gasteiger partial charge in [-0.3, -0.25) is 19.4 Å². The maximum atomic E-state index is 11.6. The van der Waals surface area contributed by atoms with Crippen molar-refractivity contribution in [3.05, 3.63) is 29.8 Å². The fraction of sp³-hybridized carbons (Fsp3) is 0.385. The summed E-state index contributed by atoms with van der Waals surface area (Å²) in [5.74, 6) is -0.218. The lowest BCUT2D eigenvalue weighted by molar-refractivity contribution is -0.122. The highest BCUT2D eigenvalue weighted by molar-refractivity contribution is 7.46. The SMILES string of the molecule is CC(=O)NCCNC(=O)CCc1ccc(OP(=O)(O)O)cc1. The van der Waals surface area contributed by atoms with Crippen LogP contribution in [0.25, 0.3) is 0 Å². The minimum atomic E-state index is -4.55. The number of carbonyl (C=O) groups is 2. The molecule has 0 fully saturated rings. The molecule has 1 aromatic carbocycles. The normalized spacial score (nSPS) is 10.9. The van der Waals surface area contributed by atoms with Crippen LogP contribution >= 0.6 is 7.82 Å². The minimum Gasteiger partial charge on any atom is -0.404 e. The Bertz CT molecular complexity index is 554. The number of aryl methyl sites for hydroxylation is 1. The Morgan fingerprint density at radius 1 is 1.14 bits per heavy atom. The summed E-state index contributed by atoms with van der Waals surface area (Å²) in [5.41, 5.74) is 0.843. The fourth-order valence-corrected chi connectivity index (χ4v) is 2.04. The summed E-state index contributed by atoms with van der Waals surface area (Å²) in [6, 6.07) is 6.14. The van der Waals surface area contributed by atoms with Crippen molar-refractivity contribution < 1.29 is 28.5 Å². The molecule has 0 saturated carbocycles. The van der Waals surface area contributed by atoms with Crippen LogP contribution in [0.3, 0.4) is 0 Å². The molecule has 0 bridgehead atoms. The molecule has 1 rings (SSSR count). The topological polar surface area (TPSA) is 125 Å². The van der Waals surface area contributed by atoms with Gasteiger partial charge in [0.2, 0.25) is 11.8 Å². The third-order valence-electron chi connectivity index (χ3n) is 2.61. The van der Waals surface area contributed by atoms with Gasteiger partial charge in [-0.2, -0.15) is 0 Å². The van der Waals surface area contributed by atoms with Crippen molar-refractivity contribution in [1.82, 2.24) is 10.6 Å². The third-order valence-corrected chi connectivity index (χ3v) is 3.06. The van der Waals surface area contributed by atoms with Crippen LogP contribution < -0.4 is 15.2 Å². The number of phosphoric acid groups is 1. The highest BCUT2D eigenvalue weighted by atomic mass is 31.2. The van der Waals surface area contributed by atoms with Crippen LogP contribution in [0, 0.1) is 0 Å². The van der Waals surface area contributed by atoms with E-state index in [0.29, 0.717) is 19.5 Å². The number of nitrogens with one attached hydrogen (secondary N) is 2. The van der Waals surface area contributed by atoms with Gasteiger partial charge in [-0.25, -0.2) is 4.57 Å². The number of hydrogen-bond acceptors (Lipinski definition) is 4. The maximum Gasteiger partial charge on any atom is 0.524 e. The van der Waals surface area contributed by atoms with E-state index >= 15 is 0 Å². The van der Waals surface area contributed by atoms with Gasteiger partial charge in [0.05, 0.1) is 0 Å². The zero-order valence-electron chi connectivity index (χ0n) is 12.1. The van der Waals surface area contributed by atoms with Gasteiger partial charge in [0, 0.05) is 26.4 Å². The van der Waals surface area contributed by atoms with Crippen molar-refractivity contribution in [3.8, 4) is 5.75 Å². The molecule has 122 valence electrons. The van der Waals surface area contributed by atoms with Gasteiger partial charge in [-0.1, -0.05) is 12.1 Å². The molecular weight excluding hydrogens is 311 g/mol. The smallest absolute Gasteiger partial charge is 0.404 e. The van der Waals surface area contributed by atoms with E-state index in [0.717, 1.165) is 5.56 Å². The Balaban J connectivity index is 2.31. The van der Waals surface area contributed by atoms with Gasteiger partial charge in [0.15, 0.2) is 0 Å². The van der Waals surface area contributed by atoms with Gasteiger partial charge in [0.25, 0.3) is 0 Å². The summed E-state index contributed by atoms with van der Waals surface area (Å²) >= 11 is 0. The first-order valence-electron chi connectivity index (χ1n) is 6.61. The van der Waals surface area contributed by atoms with E-state index in [1.807, 2.05) is 0 Å². The van der Waals surface area contributed by atoms with Crippen LogP contribution in [0.4, 0.5) is 0 Å². The van der Waals surface area contributed by atoms with E-state index in [4.69, 9.17) is 9.79 Å². The van der Waals surface area contributed by atoms with Crippen molar-refractivity contribution in [2.75, 3.05) is 13.1 Å². The molecule has 0 unspecified atom stereocenters. The van der Waals surface area contributed by atoms with Crippen LogP contribution in [-0.4, -0.2) is 34.7 Å². The number of carbonyl (C=O) groups excluding carboxylic acids is 2. The molecular formula is C13H19N2O6P. The summed E-state index contributed by atoms with van der Waals surface area (Å²) in [5, 5.41) is 5.24. The largest absolute Gasteiger partial charge is 0.524 e. The Kier molecular flexibility index (Phi) is 7.04. The number of rotatable bonds is 8. The fourth-order valence-electron chi connectivity index (χ4n) is 1.64. The van der Waals surface area contributed by atoms with Crippen molar-refractivity contribution in [2.24, 2.45) is 0 Å². The summed E-state index contributed by atoms with van der Waals surface area (Å²) in [6.07, 6.45) is 0.765. The first-order chi connectivity index (χ1) is 10.3. The average molecular weight is 330 g/mol. The van der Waals surface area contributed by atoms with E-state index in [1.165, 1.54) is 19.1 Å². The highest BCUT2D eigenvalue weighted by Crippen LogP contribution is 2.37. The highest BCUT2D eigenvalue weighted by Gasteiger charge is 2.15. The predicted molar refractivity (Wildman–Crippen MR) is 79.1 cm³/mol. The van der Waals surface area contributed by atoms with Crippen molar-refractivity contribution >= 4 is 19.6 Å². The van der Waals surface area contributed by atoms with E-state index in [9.17, 15) is 14.2 Å². The minimum absolute atomic E-state index is 0.0665. The van der Waals surface area contributed by atoms with Crippen molar-refractivity contribution in [3.63, 3.8) is 0 Å². The average Bonchev–Trinajstić information content (AvgIpc) is 2.41. The molecule has 9 heteroatoms. The van der Waals surface area contributed by atoms with E-state index < -0.39 is 7.82 Å². The quantitative estimate of drug-likeness (QED) is 0.402. The maximum absolute atomic E-state index is 11.6. The number of phosphoric ester groups is 1. The van der Waals surface area contributed by atoms with Crippen LogP contribution in [-0.2, 0) is 20.6 Å². The van der Waals surface area contributed by atoms with Crippen LogP contribution in [0.15, 0.2) is 24.3 Å². The zero-order chi connectivity index (χ0) is 16.6. The zero-order valence-corrected chi connectivity index (χ0v) is 13.0. The summed E-state index contributed by atoms with van der Waals surface area (Å²) < 4.78 is 15.1. The Hall–Kier alpha value is -1.89. The van der Waals surface area contributed by atoms with Gasteiger partial charge in [-0.15, -0.1) is 0 Å². The second kappa shape index (κ2) is 8.53. The van der Waals surface area contributed by atoms with Crippen LogP contribution in [0.1, 0.15) is 18.9 Å². The summed E-state index contributed by atoms with van der Waals surface area (Å²) in [6.45, 7) is 2.16. The molecule has 8 nitrogen and oxygen atoms in total. The Morgan fingerprint density at radius 3 is 2.27 bits per heavy atom. The lowest BCUT2D eigenvalue weighted by Crippen LogP contribution is -2.33. The second-order valence-corrected chi connectivity index (χ2v) is 5.72. The van der Waals surface area contributed by atoms with Gasteiger partial charge in [0.1, 0.15) is 5.75 Å². The summed E-state index contributed by atoms with van der Waals surface area (Å²) in [7, 11) is -4.55. The molecule has 0 radical (unpaired) electrons. The standard InChI is InChI=1S/C13H19N2O6P/c1-10(16)14-8-9-15-13(17)7-4-11-2-5-12(6-3-11)21-22(18,19)20/h2-3,5-6H,4,7-9H2,1H3,(H,14,16)(H,15,17)(H2,18,19,20). The molecule has 4 N–H and O–H groups in total. The first kappa shape index (κ1) is 18.2. The molecule has 0 aromatic heterocycles. The van der Waals surface area contributed by atoms with E-state index in [2.05, 4.69) is 15.2 Å². The molecule has 0 heterocycles. The molecule has 2 amide bonds. The van der Waals surface area contributed by atoms with E-state index in [-0.39, 0.29) is 24.0 Å². The monoisotopic (exact) mass is 330 g/mol. The number of benzene rings is 1.